The Morgan fingerprint density at radius 2 is 1.68 bits per heavy atom. The molecule has 2 aromatic rings. The number of aromatic carboxylic acids is 1. The Bertz CT molecular complexity index is 1080. The fraction of sp³-hybridized carbons (Fsp3) is 0.0909. The second kappa shape index (κ2) is 7.44. The number of phenolic OH excluding ortho intramolecular Hbond substituents is 1. The number of aromatic hydroxyl groups is 1. The van der Waals surface area contributed by atoms with Crippen LogP contribution in [0.4, 0.5) is 5.69 Å². The average Bonchev–Trinajstić information content (AvgIpc) is 2.65. The van der Waals surface area contributed by atoms with Crippen LogP contribution in [0.2, 0.25) is 0 Å². The van der Waals surface area contributed by atoms with Gasteiger partial charge in [-0.3, -0.25) is 4.79 Å². The number of allylic oxidation sites excluding steroid dienone is 3. The summed E-state index contributed by atoms with van der Waals surface area (Å²) in [7, 11) is 1.69. The van der Waals surface area contributed by atoms with Crippen molar-refractivity contribution in [3.63, 3.8) is 0 Å². The van der Waals surface area contributed by atoms with Gasteiger partial charge in [-0.2, -0.15) is 0 Å². The van der Waals surface area contributed by atoms with Crippen molar-refractivity contribution >= 4 is 23.0 Å². The third-order valence-corrected chi connectivity index (χ3v) is 4.53. The molecule has 6 nitrogen and oxygen atoms in total. The van der Waals surface area contributed by atoms with Gasteiger partial charge in [0.15, 0.2) is 5.78 Å². The lowest BCUT2D eigenvalue weighted by molar-refractivity contribution is -0.110. The number of aliphatic hydroxyl groups is 1. The van der Waals surface area contributed by atoms with Crippen molar-refractivity contribution in [2.45, 2.75) is 6.92 Å². The van der Waals surface area contributed by atoms with Crippen LogP contribution in [0.15, 0.2) is 66.0 Å². The quantitative estimate of drug-likeness (QED) is 0.645. The maximum absolute atomic E-state index is 11.9. The van der Waals surface area contributed by atoms with E-state index in [0.717, 1.165) is 6.08 Å². The third-order valence-electron chi connectivity index (χ3n) is 4.53. The van der Waals surface area contributed by atoms with E-state index in [9.17, 15) is 24.9 Å². The van der Waals surface area contributed by atoms with E-state index in [1.807, 2.05) is 0 Å². The summed E-state index contributed by atoms with van der Waals surface area (Å²) in [4.78, 5) is 23.5. The fourth-order valence-corrected chi connectivity index (χ4v) is 3.18. The standard InChI is InChI=1S/C22H19NO5/c1-12-9-14(24)4-7-16(12)21(18-8-5-15(25)11-20(18)26)17-6-3-13(23-2)10-19(17)22(27)28/h3-11,23-24,26H,1-2H3,(H,27,28)/b21-18+. The summed E-state index contributed by atoms with van der Waals surface area (Å²) in [6.07, 6.45) is 3.87. The predicted molar refractivity (Wildman–Crippen MR) is 107 cm³/mol. The molecule has 28 heavy (non-hydrogen) atoms. The Morgan fingerprint density at radius 3 is 2.29 bits per heavy atom. The van der Waals surface area contributed by atoms with Crippen molar-refractivity contribution in [2.24, 2.45) is 0 Å². The van der Waals surface area contributed by atoms with Gasteiger partial charge in [0, 0.05) is 30.0 Å². The first-order valence-electron chi connectivity index (χ1n) is 8.54. The lowest BCUT2D eigenvalue weighted by Gasteiger charge is -2.19. The molecule has 142 valence electrons. The number of anilines is 1. The number of hydrogen-bond donors (Lipinski definition) is 4. The first-order valence-corrected chi connectivity index (χ1v) is 8.54. The van der Waals surface area contributed by atoms with Gasteiger partial charge in [-0.25, -0.2) is 4.79 Å². The summed E-state index contributed by atoms with van der Waals surface area (Å²) in [5, 5.41) is 32.9. The van der Waals surface area contributed by atoms with E-state index in [-0.39, 0.29) is 22.9 Å². The number of carboxylic acid groups (broad SMARTS) is 1. The van der Waals surface area contributed by atoms with Gasteiger partial charge in [-0.15, -0.1) is 0 Å². The number of carbonyl (C=O) groups is 2. The molecular formula is C22H19NO5. The summed E-state index contributed by atoms with van der Waals surface area (Å²) in [6.45, 7) is 1.77. The summed E-state index contributed by atoms with van der Waals surface area (Å²) in [5.41, 5.74) is 3.15. The van der Waals surface area contributed by atoms with Crippen LogP contribution in [0, 0.1) is 6.92 Å². The fourth-order valence-electron chi connectivity index (χ4n) is 3.18. The number of phenols is 1. The predicted octanol–water partition coefficient (Wildman–Crippen LogP) is 3.82. The van der Waals surface area contributed by atoms with Gasteiger partial charge in [-0.05, 0) is 60.0 Å². The summed E-state index contributed by atoms with van der Waals surface area (Å²) < 4.78 is 0. The highest BCUT2D eigenvalue weighted by Gasteiger charge is 2.23. The van der Waals surface area contributed by atoms with Crippen LogP contribution in [0.3, 0.4) is 0 Å². The molecule has 0 bridgehead atoms. The van der Waals surface area contributed by atoms with E-state index in [0.29, 0.717) is 33.5 Å². The number of benzene rings is 2. The minimum atomic E-state index is -1.12. The maximum atomic E-state index is 11.9. The molecule has 1 aliphatic rings. The highest BCUT2D eigenvalue weighted by Crippen LogP contribution is 2.37. The Morgan fingerprint density at radius 1 is 0.964 bits per heavy atom. The average molecular weight is 377 g/mol. The Labute approximate surface area is 161 Å². The van der Waals surface area contributed by atoms with Gasteiger partial charge < -0.3 is 20.6 Å². The number of aryl methyl sites for hydroxylation is 1. The third kappa shape index (κ3) is 3.53. The molecule has 0 spiro atoms. The normalized spacial score (nSPS) is 15.2. The molecule has 0 heterocycles. The molecule has 2 aromatic carbocycles. The molecule has 0 saturated carbocycles. The van der Waals surface area contributed by atoms with Crippen LogP contribution >= 0.6 is 0 Å². The van der Waals surface area contributed by atoms with Crippen molar-refractivity contribution in [1.82, 2.24) is 0 Å². The molecule has 6 heteroatoms. The number of carbonyl (C=O) groups excluding carboxylic acids is 1. The van der Waals surface area contributed by atoms with E-state index in [4.69, 9.17) is 0 Å². The number of ketones is 1. The molecule has 3 rings (SSSR count). The van der Waals surface area contributed by atoms with Crippen LogP contribution in [-0.2, 0) is 4.79 Å². The molecule has 0 atom stereocenters. The van der Waals surface area contributed by atoms with Crippen molar-refractivity contribution < 1.29 is 24.9 Å². The monoisotopic (exact) mass is 377 g/mol. The van der Waals surface area contributed by atoms with Crippen LogP contribution < -0.4 is 5.32 Å². The van der Waals surface area contributed by atoms with Gasteiger partial charge in [0.2, 0.25) is 0 Å². The molecule has 0 amide bonds. The smallest absolute Gasteiger partial charge is 0.336 e. The number of nitrogens with one attached hydrogen (secondary N) is 1. The molecule has 0 radical (unpaired) electrons. The largest absolute Gasteiger partial charge is 0.508 e. The number of aliphatic hydroxyl groups excluding tert-OH is 1. The van der Waals surface area contributed by atoms with Crippen LogP contribution in [0.25, 0.3) is 5.57 Å². The zero-order valence-corrected chi connectivity index (χ0v) is 15.4. The first kappa shape index (κ1) is 19.0. The van der Waals surface area contributed by atoms with Crippen molar-refractivity contribution in [3.05, 3.63) is 88.2 Å². The second-order valence-corrected chi connectivity index (χ2v) is 6.37. The van der Waals surface area contributed by atoms with Crippen molar-refractivity contribution in [2.75, 3.05) is 12.4 Å². The van der Waals surface area contributed by atoms with E-state index < -0.39 is 5.97 Å². The molecular weight excluding hydrogens is 358 g/mol. The summed E-state index contributed by atoms with van der Waals surface area (Å²) >= 11 is 0. The SMILES string of the molecule is CNc1ccc(/C(=C2\C=CC(=O)C=C2O)c2ccc(O)cc2C)c(C(=O)O)c1. The first-order chi connectivity index (χ1) is 13.3. The highest BCUT2D eigenvalue weighted by molar-refractivity contribution is 6.05. The van der Waals surface area contributed by atoms with Crippen molar-refractivity contribution in [1.29, 1.82) is 0 Å². The molecule has 0 saturated heterocycles. The van der Waals surface area contributed by atoms with Gasteiger partial charge in [0.25, 0.3) is 0 Å². The van der Waals surface area contributed by atoms with Crippen molar-refractivity contribution in [3.8, 4) is 5.75 Å². The molecule has 1 aliphatic carbocycles. The second-order valence-electron chi connectivity index (χ2n) is 6.37. The number of carboxylic acids is 1. The minimum absolute atomic E-state index is 0.0416. The lowest BCUT2D eigenvalue weighted by Crippen LogP contribution is -2.08. The van der Waals surface area contributed by atoms with E-state index >= 15 is 0 Å². The van der Waals surface area contributed by atoms with Gasteiger partial charge in [-0.1, -0.05) is 12.1 Å². The Hall–Kier alpha value is -3.80. The molecule has 0 fully saturated rings. The summed E-state index contributed by atoms with van der Waals surface area (Å²) in [6, 6.07) is 9.59. The molecule has 0 aliphatic heterocycles. The maximum Gasteiger partial charge on any atom is 0.336 e. The zero-order valence-electron chi connectivity index (χ0n) is 15.4. The number of rotatable bonds is 4. The van der Waals surface area contributed by atoms with E-state index in [2.05, 4.69) is 5.32 Å². The number of hydrogen-bond acceptors (Lipinski definition) is 5. The Balaban J connectivity index is 2.40. The molecule has 4 N–H and O–H groups in total. The Kier molecular flexibility index (Phi) is 5.04. The van der Waals surface area contributed by atoms with Crippen LogP contribution in [-0.4, -0.2) is 34.1 Å². The summed E-state index contributed by atoms with van der Waals surface area (Å²) in [5.74, 6) is -1.65. The highest BCUT2D eigenvalue weighted by atomic mass is 16.4. The van der Waals surface area contributed by atoms with E-state index in [1.165, 1.54) is 24.3 Å². The van der Waals surface area contributed by atoms with Crippen LogP contribution in [0.5, 0.6) is 5.75 Å². The van der Waals surface area contributed by atoms with Gasteiger partial charge >= 0.3 is 5.97 Å². The lowest BCUT2D eigenvalue weighted by atomic mass is 9.85. The molecule has 0 aromatic heterocycles. The van der Waals surface area contributed by atoms with Gasteiger partial charge in [0.05, 0.1) is 5.56 Å². The van der Waals surface area contributed by atoms with E-state index in [1.54, 1.807) is 38.2 Å². The minimum Gasteiger partial charge on any atom is -0.508 e. The zero-order chi connectivity index (χ0) is 20.4. The topological polar surface area (TPSA) is 107 Å². The van der Waals surface area contributed by atoms with Crippen LogP contribution in [0.1, 0.15) is 27.0 Å². The van der Waals surface area contributed by atoms with Gasteiger partial charge in [0.1, 0.15) is 11.5 Å². The molecule has 0 unspecified atom stereocenters.